The van der Waals surface area contributed by atoms with E-state index >= 15 is 0 Å². The monoisotopic (exact) mass is 442 g/mol. The quantitative estimate of drug-likeness (QED) is 0.372. The molecule has 3 saturated carbocycles. The van der Waals surface area contributed by atoms with Gasteiger partial charge in [0.15, 0.2) is 0 Å². The molecule has 4 aliphatic carbocycles. The summed E-state index contributed by atoms with van der Waals surface area (Å²) in [5, 5.41) is 0. The lowest BCUT2D eigenvalue weighted by molar-refractivity contribution is -0.0955. The molecule has 1 unspecified atom stereocenters. The van der Waals surface area contributed by atoms with Gasteiger partial charge in [0.2, 0.25) is 0 Å². The summed E-state index contributed by atoms with van der Waals surface area (Å²) in [4.78, 5) is 0. The van der Waals surface area contributed by atoms with Gasteiger partial charge in [-0.25, -0.2) is 0 Å². The summed E-state index contributed by atoms with van der Waals surface area (Å²) >= 11 is 0. The molecule has 4 rings (SSSR count). The average Bonchev–Trinajstić information content (AvgIpc) is 3.04. The Morgan fingerprint density at radius 1 is 0.969 bits per heavy atom. The van der Waals surface area contributed by atoms with Crippen LogP contribution in [-0.4, -0.2) is 11.7 Å². The van der Waals surface area contributed by atoms with E-state index in [0.717, 1.165) is 35.5 Å². The second-order valence-electron chi connectivity index (χ2n) is 14.4. The third kappa shape index (κ3) is 4.63. The van der Waals surface area contributed by atoms with Gasteiger partial charge in [0, 0.05) is 0 Å². The molecule has 4 aliphatic rings. The van der Waals surface area contributed by atoms with E-state index in [2.05, 4.69) is 61.5 Å². The molecule has 8 atom stereocenters. The van der Waals surface area contributed by atoms with E-state index in [1.807, 2.05) is 0 Å². The SMILES string of the molecule is CC(C)CCC[C@@H](C)[C@H]1CC[C@H]2[C@@H]3CC=C4CC(OC(C)(C)C)CC[C@]4(C)[C@H]3CC[C@]12C. The zero-order valence-electron chi connectivity index (χ0n) is 22.8. The van der Waals surface area contributed by atoms with Gasteiger partial charge < -0.3 is 4.74 Å². The Hall–Kier alpha value is -0.300. The van der Waals surface area contributed by atoms with Gasteiger partial charge in [0.05, 0.1) is 11.7 Å². The molecule has 3 fully saturated rings. The van der Waals surface area contributed by atoms with Crippen molar-refractivity contribution < 1.29 is 4.74 Å². The van der Waals surface area contributed by atoms with E-state index in [9.17, 15) is 0 Å². The highest BCUT2D eigenvalue weighted by Crippen LogP contribution is 2.67. The molecule has 0 spiro atoms. The molecule has 0 N–H and O–H groups in total. The van der Waals surface area contributed by atoms with Crippen LogP contribution in [0, 0.1) is 46.3 Å². The van der Waals surface area contributed by atoms with Crippen LogP contribution in [0.25, 0.3) is 0 Å². The molecule has 0 aromatic carbocycles. The Morgan fingerprint density at radius 2 is 1.72 bits per heavy atom. The van der Waals surface area contributed by atoms with Crippen molar-refractivity contribution in [1.82, 2.24) is 0 Å². The molecule has 0 radical (unpaired) electrons. The van der Waals surface area contributed by atoms with E-state index < -0.39 is 0 Å². The molecule has 0 bridgehead atoms. The Morgan fingerprint density at radius 3 is 2.41 bits per heavy atom. The van der Waals surface area contributed by atoms with Crippen molar-refractivity contribution in [1.29, 1.82) is 0 Å². The van der Waals surface area contributed by atoms with Crippen molar-refractivity contribution in [3.05, 3.63) is 11.6 Å². The van der Waals surface area contributed by atoms with Crippen LogP contribution in [0.4, 0.5) is 0 Å². The maximum absolute atomic E-state index is 6.44. The fraction of sp³-hybridized carbons (Fsp3) is 0.935. The number of rotatable bonds is 6. The van der Waals surface area contributed by atoms with Gasteiger partial charge in [0.1, 0.15) is 0 Å². The summed E-state index contributed by atoms with van der Waals surface area (Å²) in [6.45, 7) is 19.4. The fourth-order valence-electron chi connectivity index (χ4n) is 9.25. The third-order valence-electron chi connectivity index (χ3n) is 10.8. The second-order valence-corrected chi connectivity index (χ2v) is 14.4. The Labute approximate surface area is 200 Å². The zero-order valence-corrected chi connectivity index (χ0v) is 22.8. The van der Waals surface area contributed by atoms with Crippen LogP contribution in [0.3, 0.4) is 0 Å². The van der Waals surface area contributed by atoms with Crippen LogP contribution in [0.5, 0.6) is 0 Å². The highest BCUT2D eigenvalue weighted by atomic mass is 16.5. The van der Waals surface area contributed by atoms with Gasteiger partial charge in [0.25, 0.3) is 0 Å². The highest BCUT2D eigenvalue weighted by Gasteiger charge is 2.59. The lowest BCUT2D eigenvalue weighted by atomic mass is 9.47. The molecule has 1 nitrogen and oxygen atoms in total. The van der Waals surface area contributed by atoms with Crippen molar-refractivity contribution in [3.63, 3.8) is 0 Å². The molecule has 0 heterocycles. The van der Waals surface area contributed by atoms with Crippen LogP contribution in [0.15, 0.2) is 11.6 Å². The van der Waals surface area contributed by atoms with Crippen molar-refractivity contribution in [2.75, 3.05) is 0 Å². The normalized spacial score (nSPS) is 42.8. The van der Waals surface area contributed by atoms with Crippen molar-refractivity contribution >= 4 is 0 Å². The standard InChI is InChI=1S/C31H54O/c1-21(2)10-9-11-22(3)26-14-15-27-25-13-12-23-20-24(32-29(4,5)6)16-18-30(23,7)28(25)17-19-31(26,27)8/h12,21-22,24-28H,9-11,13-20H2,1-8H3/t22-,24?,25+,26-,27+,28+,30+,31-/m1/s1. The smallest absolute Gasteiger partial charge is 0.0619 e. The predicted molar refractivity (Wildman–Crippen MR) is 138 cm³/mol. The molecular formula is C31H54O. The van der Waals surface area contributed by atoms with Crippen LogP contribution in [-0.2, 0) is 4.74 Å². The summed E-state index contributed by atoms with van der Waals surface area (Å²) in [7, 11) is 0. The first-order valence-corrected chi connectivity index (χ1v) is 14.3. The Bertz CT molecular complexity index is 683. The number of hydrogen-bond acceptors (Lipinski definition) is 1. The first kappa shape index (κ1) is 24.8. The van der Waals surface area contributed by atoms with E-state index in [1.165, 1.54) is 70.6 Å². The van der Waals surface area contributed by atoms with Crippen LogP contribution in [0.1, 0.15) is 126 Å². The number of fused-ring (bicyclic) bond motifs is 5. The average molecular weight is 443 g/mol. The fourth-order valence-corrected chi connectivity index (χ4v) is 9.25. The van der Waals surface area contributed by atoms with Crippen molar-refractivity contribution in [3.8, 4) is 0 Å². The first-order valence-electron chi connectivity index (χ1n) is 14.3. The number of hydrogen-bond donors (Lipinski definition) is 0. The third-order valence-corrected chi connectivity index (χ3v) is 10.8. The minimum absolute atomic E-state index is 0.0203. The van der Waals surface area contributed by atoms with Gasteiger partial charge in [-0.05, 0) is 118 Å². The molecule has 0 amide bonds. The van der Waals surface area contributed by atoms with Gasteiger partial charge >= 0.3 is 0 Å². The minimum Gasteiger partial charge on any atom is -0.372 e. The summed E-state index contributed by atoms with van der Waals surface area (Å²) in [5.74, 6) is 5.57. The van der Waals surface area contributed by atoms with E-state index in [4.69, 9.17) is 4.74 Å². The molecule has 32 heavy (non-hydrogen) atoms. The lowest BCUT2D eigenvalue weighted by Crippen LogP contribution is -2.51. The predicted octanol–water partition coefficient (Wildman–Crippen LogP) is 9.21. The lowest BCUT2D eigenvalue weighted by Gasteiger charge is -2.58. The van der Waals surface area contributed by atoms with Crippen LogP contribution in [0.2, 0.25) is 0 Å². The van der Waals surface area contributed by atoms with Crippen molar-refractivity contribution in [2.24, 2.45) is 46.3 Å². The molecule has 0 saturated heterocycles. The molecule has 0 aromatic rings. The van der Waals surface area contributed by atoms with Crippen LogP contribution >= 0.6 is 0 Å². The summed E-state index contributed by atoms with van der Waals surface area (Å²) in [6.07, 6.45) is 18.6. The summed E-state index contributed by atoms with van der Waals surface area (Å²) in [6, 6.07) is 0. The Balaban J connectivity index is 1.46. The van der Waals surface area contributed by atoms with Crippen LogP contribution < -0.4 is 0 Å². The zero-order chi connectivity index (χ0) is 23.3. The molecule has 0 aromatic heterocycles. The highest BCUT2D eigenvalue weighted by molar-refractivity contribution is 5.25. The van der Waals surface area contributed by atoms with Gasteiger partial charge in [-0.3, -0.25) is 0 Å². The van der Waals surface area contributed by atoms with Crippen molar-refractivity contribution in [2.45, 2.75) is 138 Å². The van der Waals surface area contributed by atoms with E-state index in [-0.39, 0.29) is 5.60 Å². The van der Waals surface area contributed by atoms with E-state index in [0.29, 0.717) is 16.9 Å². The second kappa shape index (κ2) is 9.05. The largest absolute Gasteiger partial charge is 0.372 e. The molecular weight excluding hydrogens is 388 g/mol. The minimum atomic E-state index is -0.0203. The van der Waals surface area contributed by atoms with Gasteiger partial charge in [-0.15, -0.1) is 0 Å². The maximum Gasteiger partial charge on any atom is 0.0619 e. The summed E-state index contributed by atoms with van der Waals surface area (Å²) in [5.41, 5.74) is 2.79. The molecule has 0 aliphatic heterocycles. The number of ether oxygens (including phenoxy) is 1. The topological polar surface area (TPSA) is 9.23 Å². The maximum atomic E-state index is 6.44. The Kier molecular flexibility index (Phi) is 7.02. The first-order chi connectivity index (χ1) is 14.9. The van der Waals surface area contributed by atoms with E-state index in [1.54, 1.807) is 5.57 Å². The molecule has 1 heteroatoms. The summed E-state index contributed by atoms with van der Waals surface area (Å²) < 4.78 is 6.44. The van der Waals surface area contributed by atoms with Gasteiger partial charge in [-0.2, -0.15) is 0 Å². The van der Waals surface area contributed by atoms with Gasteiger partial charge in [-0.1, -0.05) is 65.5 Å². The number of allylic oxidation sites excluding steroid dienone is 1. The molecule has 184 valence electrons.